The molecule has 0 unspecified atom stereocenters. The number of phenolic OH excluding ortho intramolecular Hbond substituents is 1. The normalized spacial score (nSPS) is 11.3. The second-order valence-corrected chi connectivity index (χ2v) is 4.09. The zero-order valence-electron chi connectivity index (χ0n) is 10.6. The van der Waals surface area contributed by atoms with Crippen LogP contribution in [0.5, 0.6) is 11.5 Å². The average Bonchev–Trinajstić information content (AvgIpc) is 2.46. The minimum Gasteiger partial charge on any atom is -0.507 e. The van der Waals surface area contributed by atoms with E-state index in [1.807, 2.05) is 30.3 Å². The molecule has 4 nitrogen and oxygen atoms in total. The van der Waals surface area contributed by atoms with Gasteiger partial charge in [-0.15, -0.1) is 0 Å². The largest absolute Gasteiger partial charge is 0.507 e. The molecule has 0 fully saturated rings. The molecule has 0 atom stereocenters. The fourth-order valence-corrected chi connectivity index (χ4v) is 1.86. The van der Waals surface area contributed by atoms with Gasteiger partial charge in [-0.1, -0.05) is 35.5 Å². The Bertz CT molecular complexity index is 579. The van der Waals surface area contributed by atoms with Crippen molar-refractivity contribution >= 4 is 5.71 Å². The van der Waals surface area contributed by atoms with Gasteiger partial charge in [-0.3, -0.25) is 0 Å². The molecule has 0 spiro atoms. The number of aromatic hydroxyl groups is 1. The lowest BCUT2D eigenvalue weighted by Crippen LogP contribution is -2.06. The predicted octanol–water partition coefficient (Wildman–Crippen LogP) is 2.82. The molecule has 0 aromatic heterocycles. The Morgan fingerprint density at radius 3 is 2.47 bits per heavy atom. The van der Waals surface area contributed by atoms with E-state index in [9.17, 15) is 5.11 Å². The Morgan fingerprint density at radius 1 is 1.16 bits per heavy atom. The number of oxime groups is 1. The Labute approximate surface area is 111 Å². The summed E-state index contributed by atoms with van der Waals surface area (Å²) in [5.74, 6) is 0.585. The molecule has 0 saturated heterocycles. The van der Waals surface area contributed by atoms with Crippen LogP contribution in [-0.2, 0) is 6.42 Å². The van der Waals surface area contributed by atoms with Crippen LogP contribution in [-0.4, -0.2) is 23.1 Å². The molecule has 0 heterocycles. The first-order valence-electron chi connectivity index (χ1n) is 5.87. The van der Waals surface area contributed by atoms with Crippen LogP contribution in [0.25, 0.3) is 0 Å². The van der Waals surface area contributed by atoms with E-state index in [4.69, 9.17) is 9.94 Å². The van der Waals surface area contributed by atoms with Crippen LogP contribution in [0.2, 0.25) is 0 Å². The van der Waals surface area contributed by atoms with Crippen molar-refractivity contribution in [3.05, 3.63) is 59.7 Å². The number of ether oxygens (including phenoxy) is 1. The summed E-state index contributed by atoms with van der Waals surface area (Å²) in [5.41, 5.74) is 1.91. The third kappa shape index (κ3) is 3.04. The Kier molecular flexibility index (Phi) is 4.03. The predicted molar refractivity (Wildman–Crippen MR) is 73.1 cm³/mol. The van der Waals surface area contributed by atoms with E-state index in [1.54, 1.807) is 12.1 Å². The number of phenols is 1. The first kappa shape index (κ1) is 13.0. The lowest BCUT2D eigenvalue weighted by Gasteiger charge is -2.08. The number of benzene rings is 2. The van der Waals surface area contributed by atoms with E-state index in [1.165, 1.54) is 13.2 Å². The number of nitrogens with zero attached hydrogens (tertiary/aromatic N) is 1. The molecule has 2 aromatic rings. The van der Waals surface area contributed by atoms with Gasteiger partial charge in [0, 0.05) is 18.1 Å². The summed E-state index contributed by atoms with van der Waals surface area (Å²) in [5, 5.41) is 22.4. The maximum Gasteiger partial charge on any atom is 0.128 e. The fourth-order valence-electron chi connectivity index (χ4n) is 1.86. The van der Waals surface area contributed by atoms with Crippen LogP contribution in [0, 0.1) is 0 Å². The highest BCUT2D eigenvalue weighted by molar-refractivity contribution is 6.03. The zero-order valence-corrected chi connectivity index (χ0v) is 10.6. The minimum atomic E-state index is 0.0306. The van der Waals surface area contributed by atoms with Gasteiger partial charge in [0.25, 0.3) is 0 Å². The summed E-state index contributed by atoms with van der Waals surface area (Å²) in [6.45, 7) is 0. The molecule has 98 valence electrons. The van der Waals surface area contributed by atoms with E-state index in [2.05, 4.69) is 5.16 Å². The zero-order chi connectivity index (χ0) is 13.7. The van der Waals surface area contributed by atoms with Crippen molar-refractivity contribution in [1.29, 1.82) is 0 Å². The second-order valence-electron chi connectivity index (χ2n) is 4.09. The third-order valence-electron chi connectivity index (χ3n) is 2.85. The van der Waals surface area contributed by atoms with Crippen LogP contribution in [0.15, 0.2) is 53.7 Å². The van der Waals surface area contributed by atoms with Crippen molar-refractivity contribution in [3.63, 3.8) is 0 Å². The summed E-state index contributed by atoms with van der Waals surface area (Å²) < 4.78 is 5.02. The van der Waals surface area contributed by atoms with Crippen LogP contribution in [0.4, 0.5) is 0 Å². The van der Waals surface area contributed by atoms with Gasteiger partial charge < -0.3 is 15.1 Å². The highest BCUT2D eigenvalue weighted by atomic mass is 16.5. The molecule has 0 radical (unpaired) electrons. The van der Waals surface area contributed by atoms with Crippen molar-refractivity contribution < 1.29 is 15.1 Å². The Hall–Kier alpha value is -2.49. The van der Waals surface area contributed by atoms with Gasteiger partial charge in [0.15, 0.2) is 0 Å². The SMILES string of the molecule is COc1ccc(C(Cc2ccccc2)=NO)c(O)c1. The van der Waals surface area contributed by atoms with Crippen molar-refractivity contribution in [2.24, 2.45) is 5.16 Å². The van der Waals surface area contributed by atoms with Gasteiger partial charge in [0.05, 0.1) is 12.8 Å². The lowest BCUT2D eigenvalue weighted by atomic mass is 10.0. The van der Waals surface area contributed by atoms with Crippen LogP contribution in [0.3, 0.4) is 0 Å². The molecule has 0 bridgehead atoms. The van der Waals surface area contributed by atoms with Crippen LogP contribution >= 0.6 is 0 Å². The Balaban J connectivity index is 2.28. The second kappa shape index (κ2) is 5.91. The van der Waals surface area contributed by atoms with Gasteiger partial charge in [0.2, 0.25) is 0 Å². The molecule has 0 amide bonds. The average molecular weight is 257 g/mol. The first-order valence-corrected chi connectivity index (χ1v) is 5.87. The maximum absolute atomic E-state index is 9.93. The number of methoxy groups -OCH3 is 1. The van der Waals surface area contributed by atoms with Crippen molar-refractivity contribution in [2.75, 3.05) is 7.11 Å². The molecule has 0 aliphatic heterocycles. The number of hydrogen-bond donors (Lipinski definition) is 2. The standard InChI is InChI=1S/C15H15NO3/c1-19-12-7-8-13(15(17)10-12)14(16-18)9-11-5-3-2-4-6-11/h2-8,10,17-18H,9H2,1H3. The van der Waals surface area contributed by atoms with E-state index in [0.717, 1.165) is 5.56 Å². The highest BCUT2D eigenvalue weighted by Gasteiger charge is 2.11. The highest BCUT2D eigenvalue weighted by Crippen LogP contribution is 2.25. The van der Waals surface area contributed by atoms with Crippen molar-refractivity contribution in [2.45, 2.75) is 6.42 Å². The van der Waals surface area contributed by atoms with Gasteiger partial charge in [0.1, 0.15) is 11.5 Å². The van der Waals surface area contributed by atoms with Gasteiger partial charge >= 0.3 is 0 Å². The molecule has 2 aromatic carbocycles. The summed E-state index contributed by atoms with van der Waals surface area (Å²) in [7, 11) is 1.53. The van der Waals surface area contributed by atoms with E-state index < -0.39 is 0 Å². The number of rotatable bonds is 4. The van der Waals surface area contributed by atoms with Gasteiger partial charge in [-0.2, -0.15) is 0 Å². The van der Waals surface area contributed by atoms with Gasteiger partial charge in [-0.05, 0) is 17.7 Å². The third-order valence-corrected chi connectivity index (χ3v) is 2.85. The minimum absolute atomic E-state index is 0.0306. The molecular formula is C15H15NO3. The molecule has 0 aliphatic carbocycles. The summed E-state index contributed by atoms with van der Waals surface area (Å²) in [6.07, 6.45) is 0.442. The van der Waals surface area contributed by atoms with E-state index in [0.29, 0.717) is 23.4 Å². The molecule has 0 saturated carbocycles. The molecule has 4 heteroatoms. The summed E-state index contributed by atoms with van der Waals surface area (Å²) >= 11 is 0. The smallest absolute Gasteiger partial charge is 0.128 e. The van der Waals surface area contributed by atoms with Crippen LogP contribution in [0.1, 0.15) is 11.1 Å². The monoisotopic (exact) mass is 257 g/mol. The lowest BCUT2D eigenvalue weighted by molar-refractivity contribution is 0.318. The van der Waals surface area contributed by atoms with E-state index in [-0.39, 0.29) is 5.75 Å². The summed E-state index contributed by atoms with van der Waals surface area (Å²) in [6, 6.07) is 14.5. The number of hydrogen-bond acceptors (Lipinski definition) is 4. The van der Waals surface area contributed by atoms with Crippen molar-refractivity contribution in [3.8, 4) is 11.5 Å². The van der Waals surface area contributed by atoms with Crippen molar-refractivity contribution in [1.82, 2.24) is 0 Å². The molecule has 19 heavy (non-hydrogen) atoms. The van der Waals surface area contributed by atoms with Crippen LogP contribution < -0.4 is 4.74 Å². The maximum atomic E-state index is 9.93. The Morgan fingerprint density at radius 2 is 1.89 bits per heavy atom. The molecular weight excluding hydrogens is 242 g/mol. The summed E-state index contributed by atoms with van der Waals surface area (Å²) in [4.78, 5) is 0. The quantitative estimate of drug-likeness (QED) is 0.503. The topological polar surface area (TPSA) is 62.0 Å². The van der Waals surface area contributed by atoms with E-state index >= 15 is 0 Å². The fraction of sp³-hybridized carbons (Fsp3) is 0.133. The molecule has 2 rings (SSSR count). The molecule has 0 aliphatic rings. The molecule has 2 N–H and O–H groups in total. The first-order chi connectivity index (χ1) is 9.24. The van der Waals surface area contributed by atoms with Gasteiger partial charge in [-0.25, -0.2) is 0 Å².